The molecule has 0 saturated carbocycles. The number of hydrogen-bond donors (Lipinski definition) is 1. The smallest absolute Gasteiger partial charge is 0.283 e. The van der Waals surface area contributed by atoms with Crippen LogP contribution in [0.4, 0.5) is 4.39 Å². The van der Waals surface area contributed by atoms with Gasteiger partial charge in [0.1, 0.15) is 31.6 Å². The number of nitrogens with two attached hydrogens (primary N) is 1. The van der Waals surface area contributed by atoms with Crippen molar-refractivity contribution in [2.24, 2.45) is 10.7 Å². The molecule has 0 saturated heterocycles. The molecule has 4 nitrogen and oxygen atoms in total. The highest BCUT2D eigenvalue weighted by atomic mass is 19.1. The van der Waals surface area contributed by atoms with Crippen molar-refractivity contribution in [1.29, 1.82) is 0 Å². The van der Waals surface area contributed by atoms with E-state index in [2.05, 4.69) is 4.99 Å². The second-order valence-electron chi connectivity index (χ2n) is 5.52. The van der Waals surface area contributed by atoms with Crippen molar-refractivity contribution in [2.75, 3.05) is 13.7 Å². The first-order valence-corrected chi connectivity index (χ1v) is 7.15. The average Bonchev–Trinajstić information content (AvgIpc) is 2.93. The van der Waals surface area contributed by atoms with Gasteiger partial charge in [-0.25, -0.2) is 9.38 Å². The highest BCUT2D eigenvalue weighted by Crippen LogP contribution is 2.38. The predicted octanol–water partition coefficient (Wildman–Crippen LogP) is 1.53. The summed E-state index contributed by atoms with van der Waals surface area (Å²) in [5, 5.41) is 0. The van der Waals surface area contributed by atoms with E-state index in [-0.39, 0.29) is 18.1 Å². The number of amidine groups is 1. The number of methoxy groups -OCH3 is 1. The lowest BCUT2D eigenvalue weighted by atomic mass is 9.81. The fourth-order valence-corrected chi connectivity index (χ4v) is 2.83. The SMILES string of the molecule is [B]c1cc(C2(c3ccc(OC)c(C)c3)COC(N)=N2)ccc1F. The van der Waals surface area contributed by atoms with E-state index < -0.39 is 11.4 Å². The van der Waals surface area contributed by atoms with Gasteiger partial charge in [0.2, 0.25) is 0 Å². The number of aliphatic imine (C=N–C) groups is 1. The molecule has 1 aliphatic heterocycles. The van der Waals surface area contributed by atoms with Gasteiger partial charge in [-0.15, -0.1) is 0 Å². The fraction of sp³-hybridized carbons (Fsp3) is 0.235. The van der Waals surface area contributed by atoms with E-state index in [0.29, 0.717) is 0 Å². The molecule has 1 atom stereocenters. The zero-order chi connectivity index (χ0) is 16.6. The van der Waals surface area contributed by atoms with Crippen molar-refractivity contribution in [3.05, 3.63) is 58.9 Å². The van der Waals surface area contributed by atoms with Gasteiger partial charge in [0.05, 0.1) is 7.11 Å². The summed E-state index contributed by atoms with van der Waals surface area (Å²) in [5.41, 5.74) is 7.52. The van der Waals surface area contributed by atoms with Gasteiger partial charge in [-0.2, -0.15) is 0 Å². The molecular formula is C17H16BFN2O2. The molecule has 0 amide bonds. The topological polar surface area (TPSA) is 56.8 Å². The van der Waals surface area contributed by atoms with Crippen molar-refractivity contribution in [3.63, 3.8) is 0 Å². The average molecular weight is 310 g/mol. The molecule has 2 radical (unpaired) electrons. The van der Waals surface area contributed by atoms with Crippen LogP contribution < -0.4 is 15.9 Å². The molecule has 0 fully saturated rings. The monoisotopic (exact) mass is 310 g/mol. The maximum Gasteiger partial charge on any atom is 0.283 e. The van der Waals surface area contributed by atoms with Crippen LogP contribution in [0.3, 0.4) is 0 Å². The summed E-state index contributed by atoms with van der Waals surface area (Å²) in [6.45, 7) is 2.17. The van der Waals surface area contributed by atoms with Gasteiger partial charge in [0, 0.05) is 0 Å². The summed E-state index contributed by atoms with van der Waals surface area (Å²) < 4.78 is 24.2. The van der Waals surface area contributed by atoms with Crippen LogP contribution in [0.25, 0.3) is 0 Å². The lowest BCUT2D eigenvalue weighted by Crippen LogP contribution is -2.29. The molecule has 116 valence electrons. The largest absolute Gasteiger partial charge is 0.496 e. The lowest BCUT2D eigenvalue weighted by molar-refractivity contribution is 0.278. The summed E-state index contributed by atoms with van der Waals surface area (Å²) in [4.78, 5) is 4.48. The Morgan fingerprint density at radius 1 is 1.26 bits per heavy atom. The zero-order valence-corrected chi connectivity index (χ0v) is 13.0. The maximum atomic E-state index is 13.5. The molecular weight excluding hydrogens is 294 g/mol. The molecule has 1 heterocycles. The van der Waals surface area contributed by atoms with Crippen molar-refractivity contribution in [1.82, 2.24) is 0 Å². The van der Waals surface area contributed by atoms with E-state index >= 15 is 0 Å². The summed E-state index contributed by atoms with van der Waals surface area (Å²) >= 11 is 0. The van der Waals surface area contributed by atoms with E-state index in [1.165, 1.54) is 6.07 Å². The molecule has 1 aliphatic rings. The number of hydrogen-bond acceptors (Lipinski definition) is 4. The van der Waals surface area contributed by atoms with Gasteiger partial charge in [0.25, 0.3) is 6.02 Å². The van der Waals surface area contributed by atoms with Crippen LogP contribution in [0, 0.1) is 12.7 Å². The zero-order valence-electron chi connectivity index (χ0n) is 13.0. The standard InChI is InChI=1S/C17H16BFN2O2/c1-10-7-11(4-6-15(10)22-2)17(9-23-16(20)21-17)12-3-5-14(19)13(18)8-12/h3-8H,9H2,1-2H3,(H2,20,21). The Labute approximate surface area is 135 Å². The first-order valence-electron chi connectivity index (χ1n) is 7.15. The summed E-state index contributed by atoms with van der Waals surface area (Å²) in [7, 11) is 7.34. The van der Waals surface area contributed by atoms with Crippen LogP contribution in [0.5, 0.6) is 5.75 Å². The van der Waals surface area contributed by atoms with Gasteiger partial charge in [-0.1, -0.05) is 23.7 Å². The van der Waals surface area contributed by atoms with Crippen LogP contribution in [0.2, 0.25) is 0 Å². The summed E-state index contributed by atoms with van der Waals surface area (Å²) in [5.74, 6) is 0.309. The Balaban J connectivity index is 2.18. The van der Waals surface area contributed by atoms with Crippen molar-refractivity contribution < 1.29 is 13.9 Å². The van der Waals surface area contributed by atoms with E-state index in [4.69, 9.17) is 23.1 Å². The number of ether oxygens (including phenoxy) is 2. The Morgan fingerprint density at radius 3 is 2.52 bits per heavy atom. The Morgan fingerprint density at radius 2 is 1.96 bits per heavy atom. The van der Waals surface area contributed by atoms with Gasteiger partial charge in [0.15, 0.2) is 0 Å². The van der Waals surface area contributed by atoms with Crippen LogP contribution in [0.15, 0.2) is 41.4 Å². The number of benzene rings is 2. The molecule has 0 aliphatic carbocycles. The number of rotatable bonds is 3. The second-order valence-corrected chi connectivity index (χ2v) is 5.52. The molecule has 0 spiro atoms. The van der Waals surface area contributed by atoms with Crippen LogP contribution in [0.1, 0.15) is 16.7 Å². The maximum absolute atomic E-state index is 13.5. The van der Waals surface area contributed by atoms with Crippen LogP contribution in [-0.4, -0.2) is 27.6 Å². The van der Waals surface area contributed by atoms with E-state index in [1.807, 2.05) is 25.1 Å². The van der Waals surface area contributed by atoms with Crippen LogP contribution >= 0.6 is 0 Å². The minimum atomic E-state index is -0.844. The first-order chi connectivity index (χ1) is 11.0. The molecule has 23 heavy (non-hydrogen) atoms. The first kappa shape index (κ1) is 15.4. The molecule has 0 bridgehead atoms. The van der Waals surface area contributed by atoms with Gasteiger partial charge < -0.3 is 15.2 Å². The van der Waals surface area contributed by atoms with Crippen molar-refractivity contribution in [2.45, 2.75) is 12.5 Å². The summed E-state index contributed by atoms with van der Waals surface area (Å²) in [6, 6.07) is 10.4. The molecule has 1 unspecified atom stereocenters. The highest BCUT2D eigenvalue weighted by Gasteiger charge is 2.40. The van der Waals surface area contributed by atoms with Crippen LogP contribution in [-0.2, 0) is 10.3 Å². The van der Waals surface area contributed by atoms with E-state index in [0.717, 1.165) is 22.4 Å². The molecule has 2 N–H and O–H groups in total. The molecule has 0 aromatic heterocycles. The third-order valence-corrected chi connectivity index (χ3v) is 4.08. The molecule has 2 aromatic carbocycles. The van der Waals surface area contributed by atoms with Crippen molar-refractivity contribution in [3.8, 4) is 5.75 Å². The fourth-order valence-electron chi connectivity index (χ4n) is 2.83. The van der Waals surface area contributed by atoms with E-state index in [1.54, 1.807) is 19.2 Å². The Kier molecular flexibility index (Phi) is 3.76. The number of nitrogens with zero attached hydrogens (tertiary/aromatic N) is 1. The minimum absolute atomic E-state index is 0.0628. The van der Waals surface area contributed by atoms with Gasteiger partial charge >= 0.3 is 0 Å². The second kappa shape index (κ2) is 5.61. The predicted molar refractivity (Wildman–Crippen MR) is 87.9 cm³/mol. The number of halogens is 1. The van der Waals surface area contributed by atoms with E-state index in [9.17, 15) is 4.39 Å². The summed E-state index contributed by atoms with van der Waals surface area (Å²) in [6.07, 6.45) is 0. The Bertz CT molecular complexity index is 794. The number of aryl methyl sites for hydroxylation is 1. The Hall–Kier alpha value is -2.50. The highest BCUT2D eigenvalue weighted by molar-refractivity contribution is 6.32. The quantitative estimate of drug-likeness (QED) is 0.875. The molecule has 6 heteroatoms. The van der Waals surface area contributed by atoms with Gasteiger partial charge in [-0.3, -0.25) is 0 Å². The minimum Gasteiger partial charge on any atom is -0.496 e. The lowest BCUT2D eigenvalue weighted by Gasteiger charge is -2.26. The molecule has 3 rings (SSSR count). The normalized spacial score (nSPS) is 20.0. The third-order valence-electron chi connectivity index (χ3n) is 4.08. The van der Waals surface area contributed by atoms with Gasteiger partial charge in [-0.05, 0) is 41.8 Å². The molecule has 2 aromatic rings. The van der Waals surface area contributed by atoms with Crippen molar-refractivity contribution >= 4 is 19.3 Å². The third kappa shape index (κ3) is 2.54.